The van der Waals surface area contributed by atoms with Crippen LogP contribution in [0.3, 0.4) is 0 Å². The highest BCUT2D eigenvalue weighted by Gasteiger charge is 2.33. The summed E-state index contributed by atoms with van der Waals surface area (Å²) < 4.78 is 19.8. The van der Waals surface area contributed by atoms with E-state index >= 15 is 0 Å². The molecule has 2 aromatic rings. The molecule has 2 atom stereocenters. The Balaban J connectivity index is 1.96. The number of benzene rings is 1. The monoisotopic (exact) mass is 303 g/mol. The van der Waals surface area contributed by atoms with Crippen molar-refractivity contribution in [1.29, 1.82) is 0 Å². The van der Waals surface area contributed by atoms with Gasteiger partial charge in [0.1, 0.15) is 11.6 Å². The molecule has 0 radical (unpaired) electrons. The van der Waals surface area contributed by atoms with Crippen molar-refractivity contribution in [2.24, 2.45) is 5.92 Å². The van der Waals surface area contributed by atoms with Gasteiger partial charge < -0.3 is 9.52 Å². The lowest BCUT2D eigenvalue weighted by atomic mass is 9.93. The maximum atomic E-state index is 14.3. The van der Waals surface area contributed by atoms with Crippen LogP contribution in [0.1, 0.15) is 30.2 Å². The van der Waals surface area contributed by atoms with Gasteiger partial charge in [0.25, 0.3) is 0 Å². The minimum atomic E-state index is -0.795. The van der Waals surface area contributed by atoms with Crippen molar-refractivity contribution in [3.8, 4) is 0 Å². The molecule has 1 aliphatic heterocycles. The van der Waals surface area contributed by atoms with Gasteiger partial charge in [0.2, 0.25) is 0 Å². The van der Waals surface area contributed by atoms with E-state index in [0.717, 1.165) is 13.0 Å². The molecule has 0 amide bonds. The number of furan rings is 1. The number of piperidine rings is 1. The fourth-order valence-corrected chi connectivity index (χ4v) is 3.12. The summed E-state index contributed by atoms with van der Waals surface area (Å²) in [5.74, 6) is -0.882. The second-order valence-electron chi connectivity index (χ2n) is 5.61. The number of carbonyl (C=O) groups is 1. The molecule has 1 saturated heterocycles. The van der Waals surface area contributed by atoms with Crippen molar-refractivity contribution in [1.82, 2.24) is 4.90 Å². The quantitative estimate of drug-likeness (QED) is 0.941. The van der Waals surface area contributed by atoms with Gasteiger partial charge in [0.15, 0.2) is 0 Å². The predicted octanol–water partition coefficient (Wildman–Crippen LogP) is 3.30. The van der Waals surface area contributed by atoms with Crippen molar-refractivity contribution in [3.63, 3.8) is 0 Å². The van der Waals surface area contributed by atoms with Gasteiger partial charge in [0.05, 0.1) is 18.2 Å². The molecule has 2 unspecified atom stereocenters. The van der Waals surface area contributed by atoms with E-state index in [9.17, 15) is 14.3 Å². The van der Waals surface area contributed by atoms with E-state index < -0.39 is 17.9 Å². The Morgan fingerprint density at radius 3 is 2.82 bits per heavy atom. The number of hydrogen-bond acceptors (Lipinski definition) is 3. The average molecular weight is 303 g/mol. The van der Waals surface area contributed by atoms with E-state index in [4.69, 9.17) is 4.42 Å². The summed E-state index contributed by atoms with van der Waals surface area (Å²) in [6, 6.07) is 9.76. The van der Waals surface area contributed by atoms with Gasteiger partial charge in [-0.3, -0.25) is 9.69 Å². The van der Waals surface area contributed by atoms with Gasteiger partial charge in [-0.05, 0) is 37.6 Å². The summed E-state index contributed by atoms with van der Waals surface area (Å²) in [6.07, 6.45) is 3.00. The molecule has 4 nitrogen and oxygen atoms in total. The SMILES string of the molecule is O=C(O)C1CCCN(C(c2ccco2)c2ccccc2F)C1. The van der Waals surface area contributed by atoms with Crippen LogP contribution in [0.2, 0.25) is 0 Å². The molecule has 5 heteroatoms. The largest absolute Gasteiger partial charge is 0.481 e. The highest BCUT2D eigenvalue weighted by molar-refractivity contribution is 5.70. The summed E-state index contributed by atoms with van der Waals surface area (Å²) >= 11 is 0. The van der Waals surface area contributed by atoms with Gasteiger partial charge in [0, 0.05) is 12.1 Å². The van der Waals surface area contributed by atoms with Crippen LogP contribution in [0.25, 0.3) is 0 Å². The maximum Gasteiger partial charge on any atom is 0.307 e. The molecule has 0 saturated carbocycles. The van der Waals surface area contributed by atoms with E-state index in [1.807, 2.05) is 11.0 Å². The Labute approximate surface area is 128 Å². The summed E-state index contributed by atoms with van der Waals surface area (Å²) in [6.45, 7) is 1.12. The molecule has 2 heterocycles. The van der Waals surface area contributed by atoms with Gasteiger partial charge in [-0.2, -0.15) is 0 Å². The predicted molar refractivity (Wildman–Crippen MR) is 78.9 cm³/mol. The standard InChI is InChI=1S/C17H18FNO3/c18-14-7-2-1-6-13(14)16(15-8-4-10-22-15)19-9-3-5-12(11-19)17(20)21/h1-2,4,6-8,10,12,16H,3,5,9,11H2,(H,20,21). The number of likely N-dealkylation sites (tertiary alicyclic amines) is 1. The van der Waals surface area contributed by atoms with Crippen LogP contribution in [-0.4, -0.2) is 29.1 Å². The zero-order chi connectivity index (χ0) is 15.5. The Hall–Kier alpha value is -2.14. The Morgan fingerprint density at radius 2 is 2.14 bits per heavy atom. The van der Waals surface area contributed by atoms with Gasteiger partial charge in [-0.25, -0.2) is 4.39 Å². The third-order valence-electron chi connectivity index (χ3n) is 4.18. The zero-order valence-corrected chi connectivity index (χ0v) is 12.1. The Morgan fingerprint density at radius 1 is 1.32 bits per heavy atom. The molecule has 22 heavy (non-hydrogen) atoms. The lowest BCUT2D eigenvalue weighted by Gasteiger charge is -2.36. The van der Waals surface area contributed by atoms with Crippen LogP contribution in [0.5, 0.6) is 0 Å². The number of halogens is 1. The van der Waals surface area contributed by atoms with Crippen molar-refractivity contribution < 1.29 is 18.7 Å². The molecule has 1 aromatic carbocycles. The zero-order valence-electron chi connectivity index (χ0n) is 12.1. The molecule has 1 aromatic heterocycles. The third-order valence-corrected chi connectivity index (χ3v) is 4.18. The number of aliphatic carboxylic acids is 1. The highest BCUT2D eigenvalue weighted by atomic mass is 19.1. The van der Waals surface area contributed by atoms with Crippen molar-refractivity contribution >= 4 is 5.97 Å². The summed E-state index contributed by atoms with van der Waals surface area (Å²) in [5, 5.41) is 9.27. The van der Waals surface area contributed by atoms with Crippen molar-refractivity contribution in [3.05, 3.63) is 59.8 Å². The molecule has 0 spiro atoms. The minimum absolute atomic E-state index is 0.304. The Bertz CT molecular complexity index is 641. The first-order valence-electron chi connectivity index (χ1n) is 7.41. The maximum absolute atomic E-state index is 14.3. The minimum Gasteiger partial charge on any atom is -0.481 e. The molecule has 0 aliphatic carbocycles. The molecular formula is C17H18FNO3. The summed E-state index contributed by atoms with van der Waals surface area (Å²) in [4.78, 5) is 13.3. The van der Waals surface area contributed by atoms with Crippen molar-refractivity contribution in [2.75, 3.05) is 13.1 Å². The first-order valence-corrected chi connectivity index (χ1v) is 7.41. The highest BCUT2D eigenvalue weighted by Crippen LogP contribution is 2.34. The van der Waals surface area contributed by atoms with Crippen LogP contribution < -0.4 is 0 Å². The lowest BCUT2D eigenvalue weighted by molar-refractivity contribution is -0.143. The molecule has 116 valence electrons. The van der Waals surface area contributed by atoms with Crippen LogP contribution in [0, 0.1) is 11.7 Å². The van der Waals surface area contributed by atoms with Crippen LogP contribution in [0.4, 0.5) is 4.39 Å². The average Bonchev–Trinajstić information content (AvgIpc) is 3.04. The lowest BCUT2D eigenvalue weighted by Crippen LogP contribution is -2.41. The number of rotatable bonds is 4. The molecule has 0 bridgehead atoms. The first kappa shape index (κ1) is 14.8. The van der Waals surface area contributed by atoms with E-state index in [0.29, 0.717) is 24.3 Å². The normalized spacial score (nSPS) is 20.7. The number of hydrogen-bond donors (Lipinski definition) is 1. The number of carboxylic acid groups (broad SMARTS) is 1. The van der Waals surface area contributed by atoms with Crippen LogP contribution in [-0.2, 0) is 4.79 Å². The molecule has 1 aliphatic rings. The summed E-state index contributed by atoms with van der Waals surface area (Å²) in [5.41, 5.74) is 0.517. The molecule has 3 rings (SSSR count). The molecule has 1 fully saturated rings. The van der Waals surface area contributed by atoms with E-state index in [2.05, 4.69) is 0 Å². The second kappa shape index (κ2) is 6.32. The third kappa shape index (κ3) is 2.90. The Kier molecular flexibility index (Phi) is 4.24. The molecule has 1 N–H and O–H groups in total. The van der Waals surface area contributed by atoms with Gasteiger partial charge >= 0.3 is 5.97 Å². The van der Waals surface area contributed by atoms with Crippen molar-refractivity contribution in [2.45, 2.75) is 18.9 Å². The van der Waals surface area contributed by atoms with E-state index in [1.165, 1.54) is 6.07 Å². The summed E-state index contributed by atoms with van der Waals surface area (Å²) in [7, 11) is 0. The topological polar surface area (TPSA) is 53.7 Å². The first-order chi connectivity index (χ1) is 10.7. The van der Waals surface area contributed by atoms with Gasteiger partial charge in [-0.1, -0.05) is 18.2 Å². The van der Waals surface area contributed by atoms with Gasteiger partial charge in [-0.15, -0.1) is 0 Å². The second-order valence-corrected chi connectivity index (χ2v) is 5.61. The van der Waals surface area contributed by atoms with E-state index in [1.54, 1.807) is 30.5 Å². The molecular weight excluding hydrogens is 285 g/mol. The fraction of sp³-hybridized carbons (Fsp3) is 0.353. The van der Waals surface area contributed by atoms with Crippen LogP contribution >= 0.6 is 0 Å². The smallest absolute Gasteiger partial charge is 0.307 e. The van der Waals surface area contributed by atoms with Crippen LogP contribution in [0.15, 0.2) is 47.1 Å². The number of carboxylic acids is 1. The van der Waals surface area contributed by atoms with E-state index in [-0.39, 0.29) is 5.82 Å². The number of nitrogens with zero attached hydrogens (tertiary/aromatic N) is 1. The fourth-order valence-electron chi connectivity index (χ4n) is 3.12.